The van der Waals surface area contributed by atoms with Crippen LogP contribution in [0.5, 0.6) is 0 Å². The second-order valence-electron chi connectivity index (χ2n) is 2.01. The van der Waals surface area contributed by atoms with E-state index in [1.807, 2.05) is 0 Å². The van der Waals surface area contributed by atoms with E-state index in [0.29, 0.717) is 0 Å². The Morgan fingerprint density at radius 3 is 2.89 bits per heavy atom. The van der Waals surface area contributed by atoms with E-state index in [1.54, 1.807) is 11.3 Å². The van der Waals surface area contributed by atoms with Crippen molar-refractivity contribution in [2.45, 2.75) is 19.8 Å². The summed E-state index contributed by atoms with van der Waals surface area (Å²) in [6.45, 7) is 2.20. The lowest BCUT2D eigenvalue weighted by Crippen LogP contribution is -1.74. The molecule has 1 aromatic rings. The largest absolute Gasteiger partial charge is 0.137 e. The molecule has 2 heteroatoms. The molecule has 1 aromatic heterocycles. The van der Waals surface area contributed by atoms with E-state index in [-0.39, 0.29) is 0 Å². The van der Waals surface area contributed by atoms with Gasteiger partial charge in [-0.3, -0.25) is 0 Å². The smallest absolute Gasteiger partial charge is 0.0701 e. The van der Waals surface area contributed by atoms with Crippen LogP contribution in [0.1, 0.15) is 18.9 Å². The molecule has 1 rings (SSSR count). The zero-order valence-corrected chi connectivity index (χ0v) is 7.76. The summed E-state index contributed by atoms with van der Waals surface area (Å²) in [7, 11) is 0. The first-order valence-corrected chi connectivity index (χ1v) is 4.73. The van der Waals surface area contributed by atoms with Gasteiger partial charge in [0.25, 0.3) is 0 Å². The molecular formula is C7H9BrS. The molecule has 0 aromatic carbocycles. The van der Waals surface area contributed by atoms with E-state index in [9.17, 15) is 0 Å². The van der Waals surface area contributed by atoms with Crippen LogP contribution in [-0.2, 0) is 6.42 Å². The lowest BCUT2D eigenvalue weighted by atomic mass is 10.2. The highest BCUT2D eigenvalue weighted by Gasteiger charge is 1.93. The fourth-order valence-electron chi connectivity index (χ4n) is 0.766. The minimum Gasteiger partial charge on any atom is -0.137 e. The molecule has 0 atom stereocenters. The third-order valence-corrected chi connectivity index (χ3v) is 2.71. The third kappa shape index (κ3) is 2.11. The SMILES string of the molecule is CCCc1csc(Br)c1. The molecular weight excluding hydrogens is 196 g/mol. The molecule has 0 bridgehead atoms. The zero-order valence-electron chi connectivity index (χ0n) is 5.36. The first-order chi connectivity index (χ1) is 4.33. The van der Waals surface area contributed by atoms with Gasteiger partial charge in [0, 0.05) is 0 Å². The molecule has 0 spiro atoms. The van der Waals surface area contributed by atoms with Crippen LogP contribution in [-0.4, -0.2) is 0 Å². The molecule has 0 radical (unpaired) electrons. The van der Waals surface area contributed by atoms with Crippen molar-refractivity contribution in [1.29, 1.82) is 0 Å². The molecule has 0 aliphatic heterocycles. The van der Waals surface area contributed by atoms with Crippen molar-refractivity contribution in [3.8, 4) is 0 Å². The molecule has 0 fully saturated rings. The number of rotatable bonds is 2. The van der Waals surface area contributed by atoms with Crippen LogP contribution in [0, 0.1) is 0 Å². The number of halogens is 1. The van der Waals surface area contributed by atoms with Gasteiger partial charge in [0.1, 0.15) is 0 Å². The fourth-order valence-corrected chi connectivity index (χ4v) is 2.01. The topological polar surface area (TPSA) is 0 Å². The molecule has 50 valence electrons. The maximum absolute atomic E-state index is 3.42. The molecule has 0 nitrogen and oxygen atoms in total. The van der Waals surface area contributed by atoms with Crippen LogP contribution in [0.4, 0.5) is 0 Å². The van der Waals surface area contributed by atoms with E-state index >= 15 is 0 Å². The van der Waals surface area contributed by atoms with Gasteiger partial charge in [0.2, 0.25) is 0 Å². The van der Waals surface area contributed by atoms with E-state index < -0.39 is 0 Å². The fraction of sp³-hybridized carbons (Fsp3) is 0.429. The van der Waals surface area contributed by atoms with Crippen molar-refractivity contribution >= 4 is 27.3 Å². The van der Waals surface area contributed by atoms with Gasteiger partial charge < -0.3 is 0 Å². The van der Waals surface area contributed by atoms with Crippen molar-refractivity contribution < 1.29 is 0 Å². The Kier molecular flexibility index (Phi) is 2.73. The maximum atomic E-state index is 3.42. The Hall–Kier alpha value is 0.180. The van der Waals surface area contributed by atoms with Crippen LogP contribution >= 0.6 is 27.3 Å². The Morgan fingerprint density at radius 1 is 1.67 bits per heavy atom. The van der Waals surface area contributed by atoms with Crippen LogP contribution in [0.25, 0.3) is 0 Å². The molecule has 9 heavy (non-hydrogen) atoms. The summed E-state index contributed by atoms with van der Waals surface area (Å²) in [6.07, 6.45) is 2.45. The molecule has 0 aliphatic rings. The highest BCUT2D eigenvalue weighted by atomic mass is 79.9. The molecule has 0 aliphatic carbocycles. The van der Waals surface area contributed by atoms with Crippen LogP contribution in [0.15, 0.2) is 15.2 Å². The number of thiophene rings is 1. The summed E-state index contributed by atoms with van der Waals surface area (Å²) in [5.74, 6) is 0. The average Bonchev–Trinajstić information content (AvgIpc) is 2.17. The lowest BCUT2D eigenvalue weighted by Gasteiger charge is -1.86. The third-order valence-electron chi connectivity index (χ3n) is 1.16. The predicted octanol–water partition coefficient (Wildman–Crippen LogP) is 3.46. The standard InChI is InChI=1S/C7H9BrS/c1-2-3-6-4-7(8)9-5-6/h4-5H,2-3H2,1H3. The summed E-state index contributed by atoms with van der Waals surface area (Å²) in [4.78, 5) is 0. The average molecular weight is 205 g/mol. The monoisotopic (exact) mass is 204 g/mol. The van der Waals surface area contributed by atoms with E-state index in [4.69, 9.17) is 0 Å². The molecule has 0 N–H and O–H groups in total. The predicted molar refractivity (Wildman–Crippen MR) is 46.0 cm³/mol. The Bertz CT molecular complexity index is 181. The van der Waals surface area contributed by atoms with Crippen molar-refractivity contribution in [1.82, 2.24) is 0 Å². The number of hydrogen-bond donors (Lipinski definition) is 0. The summed E-state index contributed by atoms with van der Waals surface area (Å²) < 4.78 is 1.24. The molecule has 0 saturated carbocycles. The molecule has 0 unspecified atom stereocenters. The van der Waals surface area contributed by atoms with Crippen molar-refractivity contribution in [2.75, 3.05) is 0 Å². The van der Waals surface area contributed by atoms with Gasteiger partial charge in [0.05, 0.1) is 3.79 Å². The quantitative estimate of drug-likeness (QED) is 0.693. The summed E-state index contributed by atoms with van der Waals surface area (Å²) in [5.41, 5.74) is 1.45. The molecule has 0 saturated heterocycles. The van der Waals surface area contributed by atoms with Crippen molar-refractivity contribution in [2.24, 2.45) is 0 Å². The van der Waals surface area contributed by atoms with Gasteiger partial charge in [-0.25, -0.2) is 0 Å². The normalized spacial score (nSPS) is 10.0. The highest BCUT2D eigenvalue weighted by molar-refractivity contribution is 9.11. The second-order valence-corrected chi connectivity index (χ2v) is 4.30. The van der Waals surface area contributed by atoms with Crippen molar-refractivity contribution in [3.63, 3.8) is 0 Å². The van der Waals surface area contributed by atoms with Crippen LogP contribution < -0.4 is 0 Å². The van der Waals surface area contributed by atoms with E-state index in [1.165, 1.54) is 22.2 Å². The van der Waals surface area contributed by atoms with Crippen LogP contribution in [0.2, 0.25) is 0 Å². The molecule has 0 amide bonds. The van der Waals surface area contributed by atoms with Gasteiger partial charge in [-0.2, -0.15) is 0 Å². The van der Waals surface area contributed by atoms with E-state index in [0.717, 1.165) is 0 Å². The molecule has 1 heterocycles. The Morgan fingerprint density at radius 2 is 2.44 bits per heavy atom. The second kappa shape index (κ2) is 3.37. The van der Waals surface area contributed by atoms with Gasteiger partial charge in [-0.15, -0.1) is 11.3 Å². The van der Waals surface area contributed by atoms with Crippen molar-refractivity contribution in [3.05, 3.63) is 20.8 Å². The summed E-state index contributed by atoms with van der Waals surface area (Å²) in [6, 6.07) is 2.19. The zero-order chi connectivity index (χ0) is 6.69. The van der Waals surface area contributed by atoms with Gasteiger partial charge in [-0.05, 0) is 39.4 Å². The van der Waals surface area contributed by atoms with Gasteiger partial charge >= 0.3 is 0 Å². The first-order valence-electron chi connectivity index (χ1n) is 3.06. The van der Waals surface area contributed by atoms with Gasteiger partial charge in [0.15, 0.2) is 0 Å². The number of aryl methyl sites for hydroxylation is 1. The number of hydrogen-bond acceptors (Lipinski definition) is 1. The van der Waals surface area contributed by atoms with Crippen LogP contribution in [0.3, 0.4) is 0 Å². The minimum absolute atomic E-state index is 1.21. The summed E-state index contributed by atoms with van der Waals surface area (Å²) in [5, 5.41) is 2.20. The Labute approximate surface area is 68.0 Å². The highest BCUT2D eigenvalue weighted by Crippen LogP contribution is 2.21. The maximum Gasteiger partial charge on any atom is 0.0701 e. The van der Waals surface area contributed by atoms with E-state index in [2.05, 4.69) is 34.3 Å². The lowest BCUT2D eigenvalue weighted by molar-refractivity contribution is 0.926. The first kappa shape index (κ1) is 7.29. The summed E-state index contributed by atoms with van der Waals surface area (Å²) >= 11 is 5.18. The minimum atomic E-state index is 1.21. The Balaban J connectivity index is 2.61. The van der Waals surface area contributed by atoms with Gasteiger partial charge in [-0.1, -0.05) is 13.3 Å².